The first-order valence-electron chi connectivity index (χ1n) is 7.19. The van der Waals surface area contributed by atoms with Gasteiger partial charge in [-0.2, -0.15) is 0 Å². The zero-order valence-electron chi connectivity index (χ0n) is 12.7. The zero-order valence-corrected chi connectivity index (χ0v) is 13.5. The van der Waals surface area contributed by atoms with E-state index < -0.39 is 5.97 Å². The van der Waals surface area contributed by atoms with Gasteiger partial charge in [0, 0.05) is 22.3 Å². The Morgan fingerprint density at radius 2 is 2.05 bits per heavy atom. The zero-order chi connectivity index (χ0) is 15.0. The fourth-order valence-electron chi connectivity index (χ4n) is 1.84. The molecule has 0 spiro atoms. The van der Waals surface area contributed by atoms with Crippen LogP contribution >= 0.6 is 11.3 Å². The summed E-state index contributed by atoms with van der Waals surface area (Å²) >= 11 is 1.58. The normalized spacial score (nSPS) is 11.4. The highest BCUT2D eigenvalue weighted by Crippen LogP contribution is 2.16. The van der Waals surface area contributed by atoms with Crippen molar-refractivity contribution in [2.24, 2.45) is 0 Å². The van der Waals surface area contributed by atoms with E-state index in [9.17, 15) is 4.79 Å². The number of nitrogens with one attached hydrogen (secondary N) is 1. The van der Waals surface area contributed by atoms with Gasteiger partial charge in [0.2, 0.25) is 0 Å². The number of carbonyl (C=O) groups is 1. The van der Waals surface area contributed by atoms with Gasteiger partial charge in [0.15, 0.2) is 0 Å². The lowest BCUT2D eigenvalue weighted by Gasteiger charge is -2.20. The Kier molecular flexibility index (Phi) is 7.80. The Labute approximate surface area is 125 Å². The average molecular weight is 298 g/mol. The summed E-state index contributed by atoms with van der Waals surface area (Å²) in [5.41, 5.74) is 0. The number of hydrogen-bond donors (Lipinski definition) is 2. The molecule has 1 heterocycles. The predicted molar refractivity (Wildman–Crippen MR) is 84.4 cm³/mol. The van der Waals surface area contributed by atoms with Crippen molar-refractivity contribution in [3.05, 3.63) is 21.9 Å². The molecule has 20 heavy (non-hydrogen) atoms. The van der Waals surface area contributed by atoms with Gasteiger partial charge in [-0.25, -0.2) is 0 Å². The van der Waals surface area contributed by atoms with Gasteiger partial charge < -0.3 is 15.3 Å². The molecule has 0 radical (unpaired) electrons. The third-order valence-corrected chi connectivity index (χ3v) is 4.42. The largest absolute Gasteiger partial charge is 0.481 e. The lowest BCUT2D eigenvalue weighted by molar-refractivity contribution is -0.136. The van der Waals surface area contributed by atoms with E-state index in [-0.39, 0.29) is 6.42 Å². The maximum absolute atomic E-state index is 10.6. The highest BCUT2D eigenvalue weighted by molar-refractivity contribution is 7.12. The molecular weight excluding hydrogens is 272 g/mol. The van der Waals surface area contributed by atoms with Gasteiger partial charge in [-0.05, 0) is 59.0 Å². The van der Waals surface area contributed by atoms with Crippen molar-refractivity contribution in [1.82, 2.24) is 10.2 Å². The predicted octanol–water partition coefficient (Wildman–Crippen LogP) is 2.59. The summed E-state index contributed by atoms with van der Waals surface area (Å²) in [6, 6.07) is 4.54. The lowest BCUT2D eigenvalue weighted by Crippen LogP contribution is -2.27. The molecule has 0 aromatic carbocycles. The van der Waals surface area contributed by atoms with Gasteiger partial charge in [0.05, 0.1) is 6.42 Å². The summed E-state index contributed by atoms with van der Waals surface area (Å²) in [4.78, 5) is 15.1. The highest BCUT2D eigenvalue weighted by atomic mass is 32.1. The number of carboxylic acids is 1. The molecule has 1 aromatic heterocycles. The van der Waals surface area contributed by atoms with Crippen LogP contribution in [-0.4, -0.2) is 42.2 Å². The minimum absolute atomic E-state index is 0.131. The number of thiophene rings is 1. The molecule has 0 amide bonds. The quantitative estimate of drug-likeness (QED) is 0.652. The van der Waals surface area contributed by atoms with Crippen molar-refractivity contribution in [2.45, 2.75) is 45.7 Å². The van der Waals surface area contributed by atoms with Crippen molar-refractivity contribution >= 4 is 17.3 Å². The van der Waals surface area contributed by atoms with Gasteiger partial charge in [-0.3, -0.25) is 4.79 Å². The third kappa shape index (κ3) is 7.03. The van der Waals surface area contributed by atoms with E-state index in [4.69, 9.17) is 5.11 Å². The average Bonchev–Trinajstić information content (AvgIpc) is 2.79. The second kappa shape index (κ2) is 9.10. The van der Waals surface area contributed by atoms with Gasteiger partial charge in [0.25, 0.3) is 0 Å². The van der Waals surface area contributed by atoms with Gasteiger partial charge in [0.1, 0.15) is 0 Å². The molecule has 5 heteroatoms. The van der Waals surface area contributed by atoms with Gasteiger partial charge in [-0.15, -0.1) is 11.3 Å². The number of hydrogen-bond acceptors (Lipinski definition) is 4. The number of nitrogens with zero attached hydrogens (tertiary/aromatic N) is 1. The Hall–Kier alpha value is -0.910. The first-order valence-corrected chi connectivity index (χ1v) is 8.01. The number of rotatable bonds is 10. The summed E-state index contributed by atoms with van der Waals surface area (Å²) in [6.45, 7) is 7.41. The van der Waals surface area contributed by atoms with Crippen LogP contribution in [0.2, 0.25) is 0 Å². The van der Waals surface area contributed by atoms with Crippen LogP contribution in [0.15, 0.2) is 12.1 Å². The molecule has 0 saturated heterocycles. The highest BCUT2D eigenvalue weighted by Gasteiger charge is 2.04. The van der Waals surface area contributed by atoms with Gasteiger partial charge in [-0.1, -0.05) is 0 Å². The molecule has 0 saturated carbocycles. The van der Waals surface area contributed by atoms with E-state index in [0.717, 1.165) is 24.5 Å². The van der Waals surface area contributed by atoms with Crippen molar-refractivity contribution in [1.29, 1.82) is 0 Å². The molecule has 1 aromatic rings. The summed E-state index contributed by atoms with van der Waals surface area (Å²) in [5, 5.41) is 12.1. The number of aliphatic carboxylic acids is 1. The van der Waals surface area contributed by atoms with Crippen molar-refractivity contribution < 1.29 is 9.90 Å². The lowest BCUT2D eigenvalue weighted by atomic mass is 10.2. The minimum Gasteiger partial charge on any atom is -0.481 e. The number of unbranched alkanes of at least 4 members (excludes halogenated alkanes) is 1. The summed E-state index contributed by atoms with van der Waals surface area (Å²) in [5.74, 6) is -0.763. The standard InChI is InChI=1S/C15H26N2O2S/c1-12(2)17(3)9-5-4-8-16-11-14-7-6-13(20-14)10-15(18)19/h6-7,12,16H,4-5,8-11H2,1-3H3,(H,18,19). The Balaban J connectivity index is 2.09. The van der Waals surface area contributed by atoms with E-state index >= 15 is 0 Å². The van der Waals surface area contributed by atoms with E-state index in [0.29, 0.717) is 6.04 Å². The van der Waals surface area contributed by atoms with Crippen molar-refractivity contribution in [3.8, 4) is 0 Å². The SMILES string of the molecule is CC(C)N(C)CCCCNCc1ccc(CC(=O)O)s1. The van der Waals surface area contributed by atoms with Crippen LogP contribution < -0.4 is 5.32 Å². The van der Waals surface area contributed by atoms with Crippen LogP contribution in [-0.2, 0) is 17.8 Å². The molecule has 114 valence electrons. The van der Waals surface area contributed by atoms with E-state index in [1.54, 1.807) is 11.3 Å². The Bertz CT molecular complexity index is 404. The maximum atomic E-state index is 10.6. The summed E-state index contributed by atoms with van der Waals surface area (Å²) in [6.07, 6.45) is 2.51. The van der Waals surface area contributed by atoms with Crippen molar-refractivity contribution in [2.75, 3.05) is 20.1 Å². The van der Waals surface area contributed by atoms with Crippen LogP contribution in [0.4, 0.5) is 0 Å². The topological polar surface area (TPSA) is 52.6 Å². The smallest absolute Gasteiger partial charge is 0.308 e. The fourth-order valence-corrected chi connectivity index (χ4v) is 2.82. The van der Waals surface area contributed by atoms with Crippen LogP contribution in [0.25, 0.3) is 0 Å². The summed E-state index contributed by atoms with van der Waals surface area (Å²) in [7, 11) is 2.16. The van der Waals surface area contributed by atoms with Crippen LogP contribution in [0, 0.1) is 0 Å². The second-order valence-electron chi connectivity index (χ2n) is 5.40. The third-order valence-electron chi connectivity index (χ3n) is 3.34. The fraction of sp³-hybridized carbons (Fsp3) is 0.667. The maximum Gasteiger partial charge on any atom is 0.308 e. The molecule has 0 bridgehead atoms. The first-order chi connectivity index (χ1) is 9.49. The van der Waals surface area contributed by atoms with E-state index in [1.165, 1.54) is 17.7 Å². The minimum atomic E-state index is -0.763. The van der Waals surface area contributed by atoms with Crippen LogP contribution in [0.5, 0.6) is 0 Å². The molecule has 0 fully saturated rings. The van der Waals surface area contributed by atoms with Crippen molar-refractivity contribution in [3.63, 3.8) is 0 Å². The van der Waals surface area contributed by atoms with Crippen LogP contribution in [0.3, 0.4) is 0 Å². The second-order valence-corrected chi connectivity index (χ2v) is 6.65. The van der Waals surface area contributed by atoms with Crippen LogP contribution in [0.1, 0.15) is 36.4 Å². The molecule has 0 aliphatic carbocycles. The molecule has 4 nitrogen and oxygen atoms in total. The molecule has 0 unspecified atom stereocenters. The Morgan fingerprint density at radius 1 is 1.35 bits per heavy atom. The monoisotopic (exact) mass is 298 g/mol. The Morgan fingerprint density at radius 3 is 2.70 bits per heavy atom. The molecule has 2 N–H and O–H groups in total. The molecule has 1 rings (SSSR count). The first kappa shape index (κ1) is 17.1. The molecule has 0 atom stereocenters. The van der Waals surface area contributed by atoms with E-state index in [1.807, 2.05) is 12.1 Å². The number of carboxylic acid groups (broad SMARTS) is 1. The van der Waals surface area contributed by atoms with E-state index in [2.05, 4.69) is 31.1 Å². The molecule has 0 aliphatic heterocycles. The molecular formula is C15H26N2O2S. The van der Waals surface area contributed by atoms with Gasteiger partial charge >= 0.3 is 5.97 Å². The summed E-state index contributed by atoms with van der Waals surface area (Å²) < 4.78 is 0. The molecule has 0 aliphatic rings.